The van der Waals surface area contributed by atoms with Crippen LogP contribution in [0.5, 0.6) is 0 Å². The Kier molecular flexibility index (Phi) is 10.3. The smallest absolute Gasteiger partial charge is 0.311 e. The molecule has 0 aliphatic carbocycles. The second kappa shape index (κ2) is 10.7. The molecular weight excluding hydrogens is 375 g/mol. The normalized spacial score (nSPS) is 17.5. The predicted molar refractivity (Wildman–Crippen MR) is 116 cm³/mol. The molecule has 0 aliphatic heterocycles. The molecule has 0 spiro atoms. The highest BCUT2D eigenvalue weighted by Gasteiger charge is 2.39. The summed E-state index contributed by atoms with van der Waals surface area (Å²) < 4.78 is 25.7. The van der Waals surface area contributed by atoms with E-state index < -0.39 is 25.7 Å². The Morgan fingerprint density at radius 2 is 1.68 bits per heavy atom. The molecule has 6 heteroatoms. The minimum absolute atomic E-state index is 0.0853. The van der Waals surface area contributed by atoms with E-state index in [4.69, 9.17) is 9.16 Å². The summed E-state index contributed by atoms with van der Waals surface area (Å²) in [5.74, 6) is -1.04. The fourth-order valence-corrected chi connectivity index (χ4v) is 3.48. The second-order valence-corrected chi connectivity index (χ2v) is 14.8. The van der Waals surface area contributed by atoms with Crippen LogP contribution in [0.15, 0.2) is 24.1 Å². The van der Waals surface area contributed by atoms with Crippen LogP contribution in [0.2, 0.25) is 18.1 Å². The van der Waals surface area contributed by atoms with Crippen molar-refractivity contribution in [1.29, 1.82) is 0 Å². The number of halogens is 1. The molecule has 4 nitrogen and oxygen atoms in total. The molecule has 0 aromatic carbocycles. The number of carbonyl (C=O) groups excluding carboxylic acids is 1. The monoisotopic (exact) mass is 416 g/mol. The number of hydrogen-bond donors (Lipinski definition) is 1. The number of aliphatic hydroxyl groups is 1. The minimum atomic E-state index is -1.93. The van der Waals surface area contributed by atoms with E-state index in [-0.39, 0.29) is 29.6 Å². The van der Waals surface area contributed by atoms with E-state index in [1.165, 1.54) is 12.2 Å². The molecule has 0 aromatic rings. The predicted octanol–water partition coefficient (Wildman–Crippen LogP) is 5.78. The molecule has 0 saturated carbocycles. The fourth-order valence-electron chi connectivity index (χ4n) is 1.99. The summed E-state index contributed by atoms with van der Waals surface area (Å²) in [5, 5.41) is 10.1. The lowest BCUT2D eigenvalue weighted by Crippen LogP contribution is -2.44. The van der Waals surface area contributed by atoms with Gasteiger partial charge in [0.25, 0.3) is 0 Å². The Morgan fingerprint density at radius 1 is 1.14 bits per heavy atom. The van der Waals surface area contributed by atoms with Crippen LogP contribution in [0.4, 0.5) is 4.39 Å². The first-order valence-corrected chi connectivity index (χ1v) is 13.0. The Hall–Kier alpha value is -0.983. The molecule has 0 aliphatic rings. The summed E-state index contributed by atoms with van der Waals surface area (Å²) >= 11 is 0. The van der Waals surface area contributed by atoms with Crippen LogP contribution < -0.4 is 0 Å². The molecule has 0 amide bonds. The SMILES string of the molecule is C[C@H](C=C(F)[C@@H](O)C=CCCOC(=O)C(C)(C)C)[C@@H](C)O[Si](C)(C)C(C)(C)C. The van der Waals surface area contributed by atoms with Gasteiger partial charge in [-0.3, -0.25) is 4.79 Å². The zero-order valence-electron chi connectivity index (χ0n) is 19.4. The van der Waals surface area contributed by atoms with E-state index in [1.54, 1.807) is 26.8 Å². The molecule has 0 bridgehead atoms. The third kappa shape index (κ3) is 9.48. The van der Waals surface area contributed by atoms with E-state index >= 15 is 0 Å². The lowest BCUT2D eigenvalue weighted by atomic mass is 9.97. The van der Waals surface area contributed by atoms with Crippen LogP contribution >= 0.6 is 0 Å². The van der Waals surface area contributed by atoms with Crippen LogP contribution in [0.1, 0.15) is 61.8 Å². The van der Waals surface area contributed by atoms with Crippen molar-refractivity contribution in [3.05, 3.63) is 24.1 Å². The van der Waals surface area contributed by atoms with Crippen molar-refractivity contribution < 1.29 is 23.5 Å². The van der Waals surface area contributed by atoms with Gasteiger partial charge in [-0.05, 0) is 58.3 Å². The maximum atomic E-state index is 14.3. The Morgan fingerprint density at radius 3 is 2.14 bits per heavy atom. The molecule has 164 valence electrons. The molecule has 1 N–H and O–H groups in total. The third-order valence-corrected chi connectivity index (χ3v) is 9.75. The zero-order valence-corrected chi connectivity index (χ0v) is 20.4. The maximum absolute atomic E-state index is 14.3. The number of rotatable bonds is 9. The largest absolute Gasteiger partial charge is 0.465 e. The van der Waals surface area contributed by atoms with Crippen LogP contribution in [-0.2, 0) is 14.0 Å². The van der Waals surface area contributed by atoms with E-state index in [0.29, 0.717) is 6.42 Å². The van der Waals surface area contributed by atoms with Gasteiger partial charge in [-0.25, -0.2) is 4.39 Å². The third-order valence-electron chi connectivity index (χ3n) is 5.18. The summed E-state index contributed by atoms with van der Waals surface area (Å²) in [5.41, 5.74) is -0.544. The van der Waals surface area contributed by atoms with Gasteiger partial charge in [0, 0.05) is 12.0 Å². The highest BCUT2D eigenvalue weighted by molar-refractivity contribution is 6.74. The minimum Gasteiger partial charge on any atom is -0.465 e. The van der Waals surface area contributed by atoms with Crippen molar-refractivity contribution in [2.45, 2.75) is 92.2 Å². The molecular formula is C22H41FO4Si. The first kappa shape index (κ1) is 27.0. The molecule has 3 atom stereocenters. The van der Waals surface area contributed by atoms with Gasteiger partial charge in [0.15, 0.2) is 8.32 Å². The first-order valence-electron chi connectivity index (χ1n) is 10.1. The lowest BCUT2D eigenvalue weighted by molar-refractivity contribution is -0.152. The molecule has 0 saturated heterocycles. The molecule has 0 aromatic heterocycles. The van der Waals surface area contributed by atoms with Crippen molar-refractivity contribution >= 4 is 14.3 Å². The van der Waals surface area contributed by atoms with Gasteiger partial charge >= 0.3 is 5.97 Å². The van der Waals surface area contributed by atoms with Crippen molar-refractivity contribution in [3.8, 4) is 0 Å². The number of hydrogen-bond acceptors (Lipinski definition) is 4. The quantitative estimate of drug-likeness (QED) is 0.224. The summed E-state index contributed by atoms with van der Waals surface area (Å²) in [6, 6.07) is 0. The van der Waals surface area contributed by atoms with Crippen LogP contribution in [-0.4, -0.2) is 38.2 Å². The van der Waals surface area contributed by atoms with Crippen LogP contribution in [0, 0.1) is 11.3 Å². The molecule has 0 heterocycles. The number of esters is 1. The van der Waals surface area contributed by atoms with Crippen molar-refractivity contribution in [2.75, 3.05) is 6.61 Å². The fraction of sp³-hybridized carbons (Fsp3) is 0.773. The molecule has 0 unspecified atom stereocenters. The van der Waals surface area contributed by atoms with Crippen LogP contribution in [0.3, 0.4) is 0 Å². The molecule has 0 rings (SSSR count). The van der Waals surface area contributed by atoms with Gasteiger partial charge in [0.2, 0.25) is 0 Å². The Balaban J connectivity index is 4.62. The number of carbonyl (C=O) groups is 1. The summed E-state index contributed by atoms with van der Waals surface area (Å²) in [7, 11) is -1.93. The van der Waals surface area contributed by atoms with Gasteiger partial charge in [0.1, 0.15) is 11.9 Å². The molecule has 28 heavy (non-hydrogen) atoms. The maximum Gasteiger partial charge on any atom is 0.311 e. The number of aliphatic hydroxyl groups excluding tert-OH is 1. The summed E-state index contributed by atoms with van der Waals surface area (Å²) in [6.45, 7) is 20.2. The van der Waals surface area contributed by atoms with E-state index in [1.807, 2.05) is 13.8 Å². The number of ether oxygens (including phenoxy) is 1. The van der Waals surface area contributed by atoms with Gasteiger partial charge in [-0.1, -0.05) is 39.8 Å². The van der Waals surface area contributed by atoms with E-state index in [2.05, 4.69) is 33.9 Å². The van der Waals surface area contributed by atoms with Gasteiger partial charge in [0.05, 0.1) is 12.0 Å². The van der Waals surface area contributed by atoms with E-state index in [0.717, 1.165) is 0 Å². The Labute approximate surface area is 172 Å². The molecule has 0 fully saturated rings. The lowest BCUT2D eigenvalue weighted by Gasteiger charge is -2.39. The van der Waals surface area contributed by atoms with Gasteiger partial charge in [-0.15, -0.1) is 0 Å². The Bertz CT molecular complexity index is 556. The van der Waals surface area contributed by atoms with Crippen molar-refractivity contribution in [3.63, 3.8) is 0 Å². The van der Waals surface area contributed by atoms with Crippen LogP contribution in [0.25, 0.3) is 0 Å². The average molecular weight is 417 g/mol. The highest BCUT2D eigenvalue weighted by atomic mass is 28.4. The average Bonchev–Trinajstić information content (AvgIpc) is 2.51. The van der Waals surface area contributed by atoms with E-state index in [9.17, 15) is 14.3 Å². The first-order chi connectivity index (χ1) is 12.5. The standard InChI is InChI=1S/C22H41FO4Si/c1-16(17(2)27-28(9,10)22(6,7)8)15-18(23)19(24)13-11-12-14-26-20(25)21(3,4)5/h11,13,15-17,19,24H,12,14H2,1-10H3/t16-,17-,19+/m1/s1. The van der Waals surface area contributed by atoms with Crippen molar-refractivity contribution in [1.82, 2.24) is 0 Å². The zero-order chi connectivity index (χ0) is 22.3. The second-order valence-electron chi connectivity index (χ2n) is 10.0. The summed E-state index contributed by atoms with van der Waals surface area (Å²) in [6.07, 6.45) is 3.40. The van der Waals surface area contributed by atoms with Crippen molar-refractivity contribution in [2.24, 2.45) is 11.3 Å². The molecule has 0 radical (unpaired) electrons. The van der Waals surface area contributed by atoms with Gasteiger partial charge < -0.3 is 14.3 Å². The highest BCUT2D eigenvalue weighted by Crippen LogP contribution is 2.38. The summed E-state index contributed by atoms with van der Waals surface area (Å²) in [4.78, 5) is 11.6. The topological polar surface area (TPSA) is 55.8 Å². The van der Waals surface area contributed by atoms with Gasteiger partial charge in [-0.2, -0.15) is 0 Å².